The second-order valence-electron chi connectivity index (χ2n) is 10.3. The Labute approximate surface area is 270 Å². The van der Waals surface area contributed by atoms with Gasteiger partial charge in [-0.1, -0.05) is 31.9 Å². The smallest absolute Gasteiger partial charge is 0.312 e. The van der Waals surface area contributed by atoms with Gasteiger partial charge in [0.2, 0.25) is 17.7 Å². The zero-order valence-electron chi connectivity index (χ0n) is 26.7. The van der Waals surface area contributed by atoms with E-state index >= 15 is 0 Å². The third-order valence-corrected chi connectivity index (χ3v) is 6.18. The van der Waals surface area contributed by atoms with Crippen molar-refractivity contribution >= 4 is 29.4 Å². The third-order valence-electron chi connectivity index (χ3n) is 6.18. The lowest BCUT2D eigenvalue weighted by atomic mass is 10.0. The largest absolute Gasteiger partial charge is 0.392 e. The molecule has 0 aliphatic carbocycles. The van der Waals surface area contributed by atoms with Gasteiger partial charge in [0.05, 0.1) is 59.5 Å². The molecule has 0 radical (unpaired) electrons. The van der Waals surface area contributed by atoms with Crippen molar-refractivity contribution in [3.05, 3.63) is 29.8 Å². The molecule has 5 amide bonds. The molecule has 0 aliphatic heterocycles. The summed E-state index contributed by atoms with van der Waals surface area (Å²) in [5, 5.41) is 19.8. The lowest BCUT2D eigenvalue weighted by molar-refractivity contribution is -0.134. The first-order valence-corrected chi connectivity index (χ1v) is 15.1. The Balaban J connectivity index is 2.44. The number of anilines is 1. The molecule has 0 aliphatic rings. The minimum atomic E-state index is -0.971. The monoisotopic (exact) mass is 651 g/mol. The highest BCUT2D eigenvalue weighted by Gasteiger charge is 2.28. The number of benzene rings is 1. The van der Waals surface area contributed by atoms with E-state index in [-0.39, 0.29) is 51.9 Å². The maximum Gasteiger partial charge on any atom is 0.312 e. The zero-order chi connectivity index (χ0) is 34.0. The number of carbonyl (C=O) groups is 4. The van der Waals surface area contributed by atoms with E-state index in [0.29, 0.717) is 57.3 Å². The lowest BCUT2D eigenvalue weighted by Gasteiger charge is -2.25. The van der Waals surface area contributed by atoms with Gasteiger partial charge in [-0.2, -0.15) is 0 Å². The van der Waals surface area contributed by atoms with Crippen molar-refractivity contribution in [2.45, 2.75) is 45.4 Å². The number of rotatable bonds is 26. The molecule has 15 nitrogen and oxygen atoms in total. The number of aliphatic hydroxyl groups is 1. The third kappa shape index (κ3) is 19.6. The van der Waals surface area contributed by atoms with Gasteiger partial charge < -0.3 is 55.8 Å². The molecule has 2 atom stereocenters. The van der Waals surface area contributed by atoms with E-state index in [9.17, 15) is 24.3 Å². The molecule has 0 spiro atoms. The van der Waals surface area contributed by atoms with Gasteiger partial charge in [0.25, 0.3) is 0 Å². The van der Waals surface area contributed by atoms with Crippen LogP contribution < -0.4 is 27.0 Å². The topological polar surface area (TPSA) is 209 Å². The molecule has 46 heavy (non-hydrogen) atoms. The van der Waals surface area contributed by atoms with Crippen molar-refractivity contribution in [2.75, 3.05) is 77.9 Å². The Hall–Kier alpha value is -3.78. The Morgan fingerprint density at radius 2 is 1.41 bits per heavy atom. The summed E-state index contributed by atoms with van der Waals surface area (Å²) in [4.78, 5) is 49.8. The molecule has 0 heterocycles. The Morgan fingerprint density at radius 1 is 0.848 bits per heavy atom. The van der Waals surface area contributed by atoms with Crippen molar-refractivity contribution < 1.29 is 48.0 Å². The normalized spacial score (nSPS) is 12.2. The van der Waals surface area contributed by atoms with Gasteiger partial charge in [-0.15, -0.1) is 6.42 Å². The maximum absolute atomic E-state index is 13.2. The highest BCUT2D eigenvalue weighted by Crippen LogP contribution is 2.12. The molecule has 0 saturated carbocycles. The number of carbonyl (C=O) groups excluding carboxylic acids is 4. The quantitative estimate of drug-likeness (QED) is 0.0579. The first-order chi connectivity index (χ1) is 22.2. The molecule has 258 valence electrons. The first kappa shape index (κ1) is 40.2. The summed E-state index contributed by atoms with van der Waals surface area (Å²) < 4.78 is 26.6. The fourth-order valence-electron chi connectivity index (χ4n) is 3.79. The van der Waals surface area contributed by atoms with Gasteiger partial charge in [-0.3, -0.25) is 14.4 Å². The SMILES string of the molecule is C#CCOCCOCCOCCOCCOCC(=O)N[C@@H](C(=O)NC(CCCNC(N)=O)C(=O)Nc1ccc(CO)cc1)C(C)C. The summed E-state index contributed by atoms with van der Waals surface area (Å²) in [5.74, 6) is 0.536. The average molecular weight is 652 g/mol. The number of nitrogens with two attached hydrogens (primary N) is 1. The second kappa shape index (κ2) is 25.4. The standard InChI is InChI=1S/C31H49N5O10/c1-4-12-42-13-14-43-15-16-44-17-18-45-19-20-46-22-27(38)36-28(23(2)3)30(40)35-26(6-5-11-33-31(32)41)29(39)34-25-9-7-24(21-37)8-10-25/h1,7-10,23,26,28,37H,5-6,11-22H2,2-3H3,(H,34,39)(H,35,40)(H,36,38)(H3,32,33,41)/t26?,28-/m1/s1. The summed E-state index contributed by atoms with van der Waals surface area (Å²) in [6, 6.07) is 3.98. The van der Waals surface area contributed by atoms with Crippen LogP contribution in [0.3, 0.4) is 0 Å². The van der Waals surface area contributed by atoms with Crippen LogP contribution in [0.2, 0.25) is 0 Å². The van der Waals surface area contributed by atoms with Crippen molar-refractivity contribution in [2.24, 2.45) is 11.7 Å². The zero-order valence-corrected chi connectivity index (χ0v) is 26.7. The lowest BCUT2D eigenvalue weighted by Crippen LogP contribution is -2.55. The molecular formula is C31H49N5O10. The van der Waals surface area contributed by atoms with E-state index in [4.69, 9.17) is 35.8 Å². The van der Waals surface area contributed by atoms with Crippen LogP contribution in [0.25, 0.3) is 0 Å². The molecule has 1 aromatic carbocycles. The molecule has 1 unspecified atom stereocenters. The van der Waals surface area contributed by atoms with Gasteiger partial charge in [-0.05, 0) is 36.5 Å². The van der Waals surface area contributed by atoms with Crippen molar-refractivity contribution in [1.82, 2.24) is 16.0 Å². The summed E-state index contributed by atoms with van der Waals surface area (Å²) >= 11 is 0. The Morgan fingerprint density at radius 3 is 1.93 bits per heavy atom. The van der Waals surface area contributed by atoms with E-state index < -0.39 is 35.8 Å². The van der Waals surface area contributed by atoms with Crippen molar-refractivity contribution in [3.8, 4) is 12.3 Å². The van der Waals surface area contributed by atoms with Gasteiger partial charge in [0.15, 0.2) is 0 Å². The van der Waals surface area contributed by atoms with E-state index in [2.05, 4.69) is 27.2 Å². The Kier molecular flexibility index (Phi) is 22.2. The van der Waals surface area contributed by atoms with Crippen LogP contribution in [-0.4, -0.2) is 114 Å². The molecule has 1 aromatic rings. The second-order valence-corrected chi connectivity index (χ2v) is 10.3. The first-order valence-electron chi connectivity index (χ1n) is 15.1. The predicted octanol–water partition coefficient (Wildman–Crippen LogP) is -0.0923. The number of terminal acetylenes is 1. The number of ether oxygens (including phenoxy) is 5. The molecule has 0 saturated heterocycles. The number of hydrogen-bond acceptors (Lipinski definition) is 10. The van der Waals surface area contributed by atoms with E-state index in [1.807, 2.05) is 0 Å². The van der Waals surface area contributed by atoms with Crippen LogP contribution in [0.5, 0.6) is 0 Å². The predicted molar refractivity (Wildman–Crippen MR) is 169 cm³/mol. The molecule has 15 heteroatoms. The van der Waals surface area contributed by atoms with Crippen LogP contribution in [0, 0.1) is 18.3 Å². The molecule has 0 bridgehead atoms. The minimum absolute atomic E-state index is 0.139. The van der Waals surface area contributed by atoms with Gasteiger partial charge in [-0.25, -0.2) is 4.79 Å². The Bertz CT molecular complexity index is 1060. The van der Waals surface area contributed by atoms with Gasteiger partial charge >= 0.3 is 6.03 Å². The fourth-order valence-corrected chi connectivity index (χ4v) is 3.79. The van der Waals surface area contributed by atoms with Crippen LogP contribution in [0.15, 0.2) is 24.3 Å². The van der Waals surface area contributed by atoms with Crippen LogP contribution in [0.1, 0.15) is 32.3 Å². The highest BCUT2D eigenvalue weighted by atomic mass is 16.6. The van der Waals surface area contributed by atoms with Crippen molar-refractivity contribution in [1.29, 1.82) is 0 Å². The summed E-state index contributed by atoms with van der Waals surface area (Å²) in [5.41, 5.74) is 6.26. The number of primary amides is 1. The van der Waals surface area contributed by atoms with Crippen LogP contribution in [0.4, 0.5) is 10.5 Å². The number of urea groups is 1. The van der Waals surface area contributed by atoms with Crippen LogP contribution >= 0.6 is 0 Å². The molecule has 0 aromatic heterocycles. The minimum Gasteiger partial charge on any atom is -0.392 e. The summed E-state index contributed by atoms with van der Waals surface area (Å²) in [6.45, 7) is 6.40. The number of hydrogen-bond donors (Lipinski definition) is 6. The number of amides is 5. The summed E-state index contributed by atoms with van der Waals surface area (Å²) in [6.07, 6.45) is 5.62. The van der Waals surface area contributed by atoms with Gasteiger partial charge in [0, 0.05) is 12.2 Å². The number of aliphatic hydroxyl groups excluding tert-OH is 1. The molecule has 0 fully saturated rings. The highest BCUT2D eigenvalue weighted by molar-refractivity contribution is 5.98. The van der Waals surface area contributed by atoms with Gasteiger partial charge in [0.1, 0.15) is 25.3 Å². The van der Waals surface area contributed by atoms with Crippen molar-refractivity contribution in [3.63, 3.8) is 0 Å². The van der Waals surface area contributed by atoms with E-state index in [0.717, 1.165) is 0 Å². The average Bonchev–Trinajstić information content (AvgIpc) is 3.03. The molecule has 1 rings (SSSR count). The summed E-state index contributed by atoms with van der Waals surface area (Å²) in [7, 11) is 0. The molecule has 7 N–H and O–H groups in total. The number of nitrogens with one attached hydrogen (secondary N) is 4. The van der Waals surface area contributed by atoms with E-state index in [1.165, 1.54) is 0 Å². The van der Waals surface area contributed by atoms with Crippen LogP contribution in [-0.2, 0) is 44.7 Å². The molecular weight excluding hydrogens is 602 g/mol. The fraction of sp³-hybridized carbons (Fsp3) is 0.613. The van der Waals surface area contributed by atoms with E-state index in [1.54, 1.807) is 38.1 Å². The maximum atomic E-state index is 13.2.